The lowest BCUT2D eigenvalue weighted by atomic mass is 10.2. The van der Waals surface area contributed by atoms with Crippen molar-refractivity contribution in [1.82, 2.24) is 4.98 Å². The summed E-state index contributed by atoms with van der Waals surface area (Å²) in [4.78, 5) is 23.4. The van der Waals surface area contributed by atoms with Gasteiger partial charge in [-0.1, -0.05) is 0 Å². The quantitative estimate of drug-likeness (QED) is 0.666. The largest absolute Gasteiger partial charge is 0.419 e. The molecule has 1 aromatic carbocycles. The summed E-state index contributed by atoms with van der Waals surface area (Å²) in [5.74, 6) is -5.57. The predicted octanol–water partition coefficient (Wildman–Crippen LogP) is 0.899. The number of nitrogens with one attached hydrogen (secondary N) is 1. The van der Waals surface area contributed by atoms with E-state index in [9.17, 15) is 22.8 Å². The number of aromatic amines is 1. The lowest BCUT2D eigenvalue weighted by Gasteiger charge is -1.99. The van der Waals surface area contributed by atoms with Gasteiger partial charge in [0.25, 0.3) is 0 Å². The molecule has 4 nitrogen and oxygen atoms in total. The summed E-state index contributed by atoms with van der Waals surface area (Å²) in [6.45, 7) is 0. The van der Waals surface area contributed by atoms with E-state index in [4.69, 9.17) is 0 Å². The zero-order chi connectivity index (χ0) is 11.2. The number of benzene rings is 1. The first-order valence-electron chi connectivity index (χ1n) is 3.71. The van der Waals surface area contributed by atoms with Crippen LogP contribution in [-0.2, 0) is 0 Å². The highest BCUT2D eigenvalue weighted by atomic mass is 19.2. The highest BCUT2D eigenvalue weighted by Crippen LogP contribution is 2.17. The first-order chi connectivity index (χ1) is 7.00. The second kappa shape index (κ2) is 2.97. The fraction of sp³-hybridized carbons (Fsp3) is 0. The van der Waals surface area contributed by atoms with Crippen LogP contribution in [0, 0.1) is 17.5 Å². The summed E-state index contributed by atoms with van der Waals surface area (Å²) in [6.07, 6.45) is 0. The number of rotatable bonds is 0. The van der Waals surface area contributed by atoms with Gasteiger partial charge >= 0.3 is 11.4 Å². The van der Waals surface area contributed by atoms with Crippen molar-refractivity contribution in [3.8, 4) is 0 Å². The summed E-state index contributed by atoms with van der Waals surface area (Å²) in [5.41, 5.74) is -2.14. The fourth-order valence-corrected chi connectivity index (χ4v) is 1.17. The van der Waals surface area contributed by atoms with Crippen LogP contribution in [0.5, 0.6) is 0 Å². The van der Waals surface area contributed by atoms with Crippen LogP contribution in [0.15, 0.2) is 20.1 Å². The average Bonchev–Trinajstić information content (AvgIpc) is 2.13. The molecule has 0 atom stereocenters. The molecule has 0 saturated heterocycles. The van der Waals surface area contributed by atoms with Gasteiger partial charge in [-0.25, -0.2) is 22.8 Å². The maximum absolute atomic E-state index is 13.0. The number of hydrogen-bond acceptors (Lipinski definition) is 3. The van der Waals surface area contributed by atoms with E-state index >= 15 is 0 Å². The highest BCUT2D eigenvalue weighted by molar-refractivity contribution is 5.78. The van der Waals surface area contributed by atoms with E-state index in [-0.39, 0.29) is 6.07 Å². The Morgan fingerprint density at radius 1 is 1.13 bits per heavy atom. The van der Waals surface area contributed by atoms with E-state index in [2.05, 4.69) is 4.42 Å². The van der Waals surface area contributed by atoms with E-state index in [0.717, 1.165) is 0 Å². The zero-order valence-corrected chi connectivity index (χ0v) is 6.94. The maximum atomic E-state index is 13.0. The van der Waals surface area contributed by atoms with Gasteiger partial charge in [0.2, 0.25) is 0 Å². The van der Waals surface area contributed by atoms with Gasteiger partial charge < -0.3 is 4.42 Å². The topological polar surface area (TPSA) is 63.1 Å². The van der Waals surface area contributed by atoms with Crippen LogP contribution in [0.4, 0.5) is 13.2 Å². The van der Waals surface area contributed by atoms with Gasteiger partial charge in [0.1, 0.15) is 5.39 Å². The molecule has 0 aliphatic carbocycles. The molecular weight excluding hydrogens is 215 g/mol. The Bertz CT molecular complexity index is 658. The van der Waals surface area contributed by atoms with E-state index in [0.29, 0.717) is 0 Å². The van der Waals surface area contributed by atoms with Crippen molar-refractivity contribution in [3.05, 3.63) is 44.5 Å². The lowest BCUT2D eigenvalue weighted by Crippen LogP contribution is -2.17. The molecule has 2 rings (SSSR count). The molecule has 0 aliphatic heterocycles. The Kier molecular flexibility index (Phi) is 1.88. The Morgan fingerprint density at radius 2 is 1.80 bits per heavy atom. The third-order valence-electron chi connectivity index (χ3n) is 1.79. The molecule has 0 fully saturated rings. The van der Waals surface area contributed by atoms with E-state index in [1.165, 1.54) is 0 Å². The lowest BCUT2D eigenvalue weighted by molar-refractivity contribution is 0.447. The summed E-state index contributed by atoms with van der Waals surface area (Å²) < 4.78 is 42.7. The van der Waals surface area contributed by atoms with Gasteiger partial charge in [0, 0.05) is 6.07 Å². The number of aromatic nitrogens is 1. The minimum atomic E-state index is -1.56. The maximum Gasteiger partial charge on any atom is 0.419 e. The number of H-pyrrole nitrogens is 1. The summed E-state index contributed by atoms with van der Waals surface area (Å²) in [6, 6.07) is 0.229. The Morgan fingerprint density at radius 3 is 2.47 bits per heavy atom. The second-order valence-corrected chi connectivity index (χ2v) is 2.71. The third kappa shape index (κ3) is 1.32. The van der Waals surface area contributed by atoms with Crippen molar-refractivity contribution >= 4 is 10.9 Å². The van der Waals surface area contributed by atoms with E-state index in [1.807, 2.05) is 0 Å². The number of halogens is 3. The van der Waals surface area contributed by atoms with Crippen LogP contribution in [-0.4, -0.2) is 4.98 Å². The molecule has 78 valence electrons. The number of fused-ring (bicyclic) bond motifs is 1. The zero-order valence-electron chi connectivity index (χ0n) is 6.94. The number of hydrogen-bond donors (Lipinski definition) is 1. The third-order valence-corrected chi connectivity index (χ3v) is 1.79. The van der Waals surface area contributed by atoms with Crippen molar-refractivity contribution in [2.45, 2.75) is 0 Å². The molecule has 7 heteroatoms. The molecule has 0 spiro atoms. The van der Waals surface area contributed by atoms with Gasteiger partial charge in [0.05, 0.1) is 5.52 Å². The van der Waals surface area contributed by atoms with Gasteiger partial charge in [0.15, 0.2) is 17.5 Å². The molecule has 1 N–H and O–H groups in total. The van der Waals surface area contributed by atoms with Gasteiger partial charge in [-0.15, -0.1) is 0 Å². The van der Waals surface area contributed by atoms with Crippen LogP contribution in [0.25, 0.3) is 10.9 Å². The van der Waals surface area contributed by atoms with Crippen LogP contribution in [0.1, 0.15) is 0 Å². The Balaban J connectivity index is 3.17. The minimum absolute atomic E-state index is 0.229. The summed E-state index contributed by atoms with van der Waals surface area (Å²) >= 11 is 0. The van der Waals surface area contributed by atoms with Crippen molar-refractivity contribution in [2.24, 2.45) is 0 Å². The Hall–Kier alpha value is -2.05. The standard InChI is InChI=1S/C8H2F3NO3/c9-2-1-3(10)6-4(5(2)11)7(13)15-8(14)12-6/h1H,(H,12,14). The van der Waals surface area contributed by atoms with Crippen molar-refractivity contribution in [2.75, 3.05) is 0 Å². The van der Waals surface area contributed by atoms with E-state index < -0.39 is 39.7 Å². The van der Waals surface area contributed by atoms with Gasteiger partial charge in [-0.05, 0) is 0 Å². The molecule has 0 amide bonds. The molecule has 1 aromatic heterocycles. The minimum Gasteiger partial charge on any atom is -0.372 e. The molecule has 0 aliphatic rings. The monoisotopic (exact) mass is 217 g/mol. The van der Waals surface area contributed by atoms with Crippen molar-refractivity contribution in [1.29, 1.82) is 0 Å². The van der Waals surface area contributed by atoms with Gasteiger partial charge in [-0.2, -0.15) is 0 Å². The smallest absolute Gasteiger partial charge is 0.372 e. The van der Waals surface area contributed by atoms with Crippen LogP contribution in [0.3, 0.4) is 0 Å². The molecule has 15 heavy (non-hydrogen) atoms. The van der Waals surface area contributed by atoms with Crippen molar-refractivity contribution < 1.29 is 17.6 Å². The normalized spacial score (nSPS) is 10.9. The first kappa shape index (κ1) is 9.50. The molecule has 0 bridgehead atoms. The molecule has 0 saturated carbocycles. The Labute approximate surface area is 79.0 Å². The molecule has 0 unspecified atom stereocenters. The highest BCUT2D eigenvalue weighted by Gasteiger charge is 2.17. The van der Waals surface area contributed by atoms with Gasteiger partial charge in [-0.3, -0.25) is 4.98 Å². The fourth-order valence-electron chi connectivity index (χ4n) is 1.17. The van der Waals surface area contributed by atoms with E-state index in [1.54, 1.807) is 4.98 Å². The summed E-state index contributed by atoms with van der Waals surface area (Å²) in [5, 5.41) is -0.952. The molecule has 1 heterocycles. The molecule has 0 radical (unpaired) electrons. The molecular formula is C8H2F3NO3. The second-order valence-electron chi connectivity index (χ2n) is 2.71. The average molecular weight is 217 g/mol. The first-order valence-corrected chi connectivity index (χ1v) is 3.71. The summed E-state index contributed by atoms with van der Waals surface area (Å²) in [7, 11) is 0. The van der Waals surface area contributed by atoms with Crippen molar-refractivity contribution in [3.63, 3.8) is 0 Å². The predicted molar refractivity (Wildman–Crippen MR) is 43.0 cm³/mol. The van der Waals surface area contributed by atoms with Crippen LogP contribution >= 0.6 is 0 Å². The SMILES string of the molecule is O=c1[nH]c2c(F)cc(F)c(F)c2c(=O)o1. The van der Waals surface area contributed by atoms with Crippen LogP contribution < -0.4 is 11.4 Å². The molecule has 2 aromatic rings. The van der Waals surface area contributed by atoms with Crippen LogP contribution in [0.2, 0.25) is 0 Å².